The molecule has 1 aromatic heterocycles. The van der Waals surface area contributed by atoms with Gasteiger partial charge in [-0.15, -0.1) is 0 Å². The first-order chi connectivity index (χ1) is 8.31. The predicted octanol–water partition coefficient (Wildman–Crippen LogP) is 2.51. The lowest BCUT2D eigenvalue weighted by atomic mass is 9.55. The summed E-state index contributed by atoms with van der Waals surface area (Å²) >= 11 is 0. The lowest BCUT2D eigenvalue weighted by molar-refractivity contribution is -0.0899. The molecular formula is C14H20N2O. The Bertz CT molecular complexity index is 373. The van der Waals surface area contributed by atoms with E-state index >= 15 is 0 Å². The summed E-state index contributed by atoms with van der Waals surface area (Å²) in [4.78, 5) is 4.09. The van der Waals surface area contributed by atoms with Gasteiger partial charge in [0.25, 0.3) is 0 Å². The largest absolute Gasteiger partial charge is 0.488 e. The fourth-order valence-corrected chi connectivity index (χ4v) is 3.43. The number of nitrogens with zero attached hydrogens (tertiary/aromatic N) is 1. The van der Waals surface area contributed by atoms with Gasteiger partial charge in [0.1, 0.15) is 11.9 Å². The zero-order valence-electron chi connectivity index (χ0n) is 10.1. The third-order valence-electron chi connectivity index (χ3n) is 4.54. The fraction of sp³-hybridized carbons (Fsp3) is 0.643. The molecule has 2 unspecified atom stereocenters. The molecule has 0 amide bonds. The maximum Gasteiger partial charge on any atom is 0.138 e. The highest BCUT2D eigenvalue weighted by Gasteiger charge is 2.54. The molecule has 0 bridgehead atoms. The molecule has 1 spiro atoms. The summed E-state index contributed by atoms with van der Waals surface area (Å²) in [6.45, 7) is 0. The monoisotopic (exact) mass is 232 g/mol. The van der Waals surface area contributed by atoms with Gasteiger partial charge >= 0.3 is 0 Å². The number of rotatable bonds is 2. The molecule has 2 atom stereocenters. The minimum absolute atomic E-state index is 0.258. The van der Waals surface area contributed by atoms with Crippen molar-refractivity contribution in [2.75, 3.05) is 0 Å². The summed E-state index contributed by atoms with van der Waals surface area (Å²) < 4.78 is 6.07. The van der Waals surface area contributed by atoms with E-state index in [9.17, 15) is 0 Å². The SMILES string of the molecule is NC1CC(Oc2cccnc2)C12CCCCC2. The summed E-state index contributed by atoms with van der Waals surface area (Å²) in [7, 11) is 0. The van der Waals surface area contributed by atoms with Crippen molar-refractivity contribution in [2.45, 2.75) is 50.7 Å². The van der Waals surface area contributed by atoms with E-state index in [0.29, 0.717) is 12.1 Å². The molecular weight excluding hydrogens is 212 g/mol. The molecule has 2 N–H and O–H groups in total. The molecule has 17 heavy (non-hydrogen) atoms. The lowest BCUT2D eigenvalue weighted by Crippen LogP contribution is -2.64. The van der Waals surface area contributed by atoms with E-state index in [0.717, 1.165) is 12.2 Å². The summed E-state index contributed by atoms with van der Waals surface area (Å²) in [5.41, 5.74) is 6.49. The van der Waals surface area contributed by atoms with Crippen LogP contribution >= 0.6 is 0 Å². The number of ether oxygens (including phenoxy) is 1. The van der Waals surface area contributed by atoms with Crippen LogP contribution in [0.15, 0.2) is 24.5 Å². The molecule has 0 radical (unpaired) electrons. The third-order valence-corrected chi connectivity index (χ3v) is 4.54. The third kappa shape index (κ3) is 1.82. The molecule has 3 nitrogen and oxygen atoms in total. The Labute approximate surface area is 102 Å². The van der Waals surface area contributed by atoms with Gasteiger partial charge < -0.3 is 10.5 Å². The molecule has 2 aliphatic carbocycles. The van der Waals surface area contributed by atoms with Crippen molar-refractivity contribution >= 4 is 0 Å². The summed E-state index contributed by atoms with van der Waals surface area (Å²) in [6, 6.07) is 4.24. The Morgan fingerprint density at radius 2 is 2.12 bits per heavy atom. The van der Waals surface area contributed by atoms with E-state index in [1.807, 2.05) is 12.1 Å². The van der Waals surface area contributed by atoms with Crippen molar-refractivity contribution in [1.29, 1.82) is 0 Å². The van der Waals surface area contributed by atoms with Crippen LogP contribution in [0.1, 0.15) is 38.5 Å². The van der Waals surface area contributed by atoms with E-state index in [-0.39, 0.29) is 5.41 Å². The van der Waals surface area contributed by atoms with Gasteiger partial charge in [-0.2, -0.15) is 0 Å². The van der Waals surface area contributed by atoms with Gasteiger partial charge in [-0.1, -0.05) is 19.3 Å². The van der Waals surface area contributed by atoms with Crippen LogP contribution in [0.25, 0.3) is 0 Å². The van der Waals surface area contributed by atoms with Crippen molar-refractivity contribution < 1.29 is 4.74 Å². The molecule has 1 heterocycles. The second kappa shape index (κ2) is 4.30. The van der Waals surface area contributed by atoms with Crippen molar-refractivity contribution in [3.8, 4) is 5.75 Å². The number of hydrogen-bond donors (Lipinski definition) is 1. The highest BCUT2D eigenvalue weighted by atomic mass is 16.5. The minimum atomic E-state index is 0.258. The minimum Gasteiger partial charge on any atom is -0.488 e. The summed E-state index contributed by atoms with van der Waals surface area (Å²) in [5.74, 6) is 0.884. The zero-order chi connectivity index (χ0) is 11.7. The highest BCUT2D eigenvalue weighted by molar-refractivity contribution is 5.19. The smallest absolute Gasteiger partial charge is 0.138 e. The van der Waals surface area contributed by atoms with Crippen LogP contribution in [-0.2, 0) is 0 Å². The number of aromatic nitrogens is 1. The zero-order valence-corrected chi connectivity index (χ0v) is 10.1. The van der Waals surface area contributed by atoms with E-state index < -0.39 is 0 Å². The Hall–Kier alpha value is -1.09. The number of pyridine rings is 1. The molecule has 0 aromatic carbocycles. The average Bonchev–Trinajstić information content (AvgIpc) is 2.41. The van der Waals surface area contributed by atoms with Gasteiger partial charge in [-0.3, -0.25) is 4.98 Å². The van der Waals surface area contributed by atoms with Crippen LogP contribution < -0.4 is 10.5 Å². The average molecular weight is 232 g/mol. The molecule has 2 saturated carbocycles. The van der Waals surface area contributed by atoms with Crippen molar-refractivity contribution in [2.24, 2.45) is 11.1 Å². The Morgan fingerprint density at radius 1 is 1.29 bits per heavy atom. The van der Waals surface area contributed by atoms with E-state index in [4.69, 9.17) is 10.5 Å². The number of hydrogen-bond acceptors (Lipinski definition) is 3. The van der Waals surface area contributed by atoms with Gasteiger partial charge in [-0.05, 0) is 25.0 Å². The van der Waals surface area contributed by atoms with Crippen molar-refractivity contribution in [3.05, 3.63) is 24.5 Å². The number of nitrogens with two attached hydrogens (primary N) is 1. The first-order valence-electron chi connectivity index (χ1n) is 6.63. The predicted molar refractivity (Wildman–Crippen MR) is 66.8 cm³/mol. The van der Waals surface area contributed by atoms with Gasteiger partial charge in [0.2, 0.25) is 0 Å². The van der Waals surface area contributed by atoms with E-state index in [1.54, 1.807) is 12.4 Å². The molecule has 3 heteroatoms. The Morgan fingerprint density at radius 3 is 2.76 bits per heavy atom. The van der Waals surface area contributed by atoms with Crippen LogP contribution in [0.3, 0.4) is 0 Å². The normalized spacial score (nSPS) is 30.9. The van der Waals surface area contributed by atoms with Gasteiger partial charge in [0.05, 0.1) is 6.20 Å². The topological polar surface area (TPSA) is 48.1 Å². The van der Waals surface area contributed by atoms with Gasteiger partial charge in [0, 0.05) is 24.1 Å². The van der Waals surface area contributed by atoms with Crippen LogP contribution in [-0.4, -0.2) is 17.1 Å². The molecule has 1 aromatic rings. The van der Waals surface area contributed by atoms with Crippen LogP contribution in [0, 0.1) is 5.41 Å². The first-order valence-corrected chi connectivity index (χ1v) is 6.63. The van der Waals surface area contributed by atoms with Crippen molar-refractivity contribution in [1.82, 2.24) is 4.98 Å². The lowest BCUT2D eigenvalue weighted by Gasteiger charge is -2.56. The second-order valence-electron chi connectivity index (χ2n) is 5.43. The molecule has 3 rings (SSSR count). The Balaban J connectivity index is 1.72. The van der Waals surface area contributed by atoms with Crippen LogP contribution in [0.4, 0.5) is 0 Å². The molecule has 0 aliphatic heterocycles. The molecule has 92 valence electrons. The van der Waals surface area contributed by atoms with Crippen molar-refractivity contribution in [3.63, 3.8) is 0 Å². The van der Waals surface area contributed by atoms with Gasteiger partial charge in [-0.25, -0.2) is 0 Å². The Kier molecular flexibility index (Phi) is 2.79. The quantitative estimate of drug-likeness (QED) is 0.852. The fourth-order valence-electron chi connectivity index (χ4n) is 3.43. The van der Waals surface area contributed by atoms with E-state index in [1.165, 1.54) is 32.1 Å². The second-order valence-corrected chi connectivity index (χ2v) is 5.43. The standard InChI is InChI=1S/C14H20N2O/c15-12-9-13(14(12)6-2-1-3-7-14)17-11-5-4-8-16-10-11/h4-5,8,10,12-13H,1-3,6-7,9,15H2. The maximum atomic E-state index is 6.24. The summed E-state index contributed by atoms with van der Waals surface area (Å²) in [5, 5.41) is 0. The highest BCUT2D eigenvalue weighted by Crippen LogP contribution is 2.52. The maximum absolute atomic E-state index is 6.24. The molecule has 2 aliphatic rings. The van der Waals surface area contributed by atoms with E-state index in [2.05, 4.69) is 4.98 Å². The molecule has 0 saturated heterocycles. The van der Waals surface area contributed by atoms with Crippen LogP contribution in [0.5, 0.6) is 5.75 Å². The summed E-state index contributed by atoms with van der Waals surface area (Å²) in [6.07, 6.45) is 11.3. The molecule has 2 fully saturated rings. The van der Waals surface area contributed by atoms with Crippen LogP contribution in [0.2, 0.25) is 0 Å². The van der Waals surface area contributed by atoms with Gasteiger partial charge in [0.15, 0.2) is 0 Å². The first kappa shape index (κ1) is 11.0.